The van der Waals surface area contributed by atoms with Crippen LogP contribution in [0.1, 0.15) is 55.6 Å². The third-order valence-corrected chi connectivity index (χ3v) is 3.61. The number of carbonyl (C=O) groups excluding carboxylic acids is 1. The average Bonchev–Trinajstić information content (AvgIpc) is 2.38. The smallest absolute Gasteiger partial charge is 0.120 e. The van der Waals surface area contributed by atoms with Crippen LogP contribution in [0.3, 0.4) is 0 Å². The Hall–Kier alpha value is -1.11. The van der Waals surface area contributed by atoms with E-state index in [1.165, 1.54) is 43.2 Å². The molecule has 0 aromatic heterocycles. The Bertz CT molecular complexity index is 320. The normalized spacial score (nSPS) is 17.2. The maximum atomic E-state index is 10.3. The summed E-state index contributed by atoms with van der Waals surface area (Å²) in [4.78, 5) is 10.3. The highest BCUT2D eigenvalue weighted by molar-refractivity contribution is 5.50. The molecule has 1 nitrogen and oxygen atoms in total. The van der Waals surface area contributed by atoms with Gasteiger partial charge < -0.3 is 4.79 Å². The van der Waals surface area contributed by atoms with Crippen LogP contribution in [0, 0.1) is 0 Å². The van der Waals surface area contributed by atoms with Crippen molar-refractivity contribution in [3.63, 3.8) is 0 Å². The van der Waals surface area contributed by atoms with E-state index in [0.29, 0.717) is 6.42 Å². The van der Waals surface area contributed by atoms with Crippen LogP contribution in [0.15, 0.2) is 24.3 Å². The minimum Gasteiger partial charge on any atom is -0.303 e. The average molecular weight is 216 g/mol. The van der Waals surface area contributed by atoms with Gasteiger partial charge in [-0.2, -0.15) is 0 Å². The van der Waals surface area contributed by atoms with Gasteiger partial charge in [0.1, 0.15) is 6.29 Å². The van der Waals surface area contributed by atoms with Crippen molar-refractivity contribution in [2.75, 3.05) is 0 Å². The number of hydrogen-bond acceptors (Lipinski definition) is 1. The molecule has 1 saturated carbocycles. The summed E-state index contributed by atoms with van der Waals surface area (Å²) in [6, 6.07) is 8.90. The van der Waals surface area contributed by atoms with Crippen LogP contribution in [0.25, 0.3) is 0 Å². The lowest BCUT2D eigenvalue weighted by atomic mass is 9.84. The highest BCUT2D eigenvalue weighted by atomic mass is 16.1. The Morgan fingerprint density at radius 2 is 1.75 bits per heavy atom. The molecule has 86 valence electrons. The Labute approximate surface area is 97.9 Å². The zero-order valence-corrected chi connectivity index (χ0v) is 9.82. The molecule has 1 fully saturated rings. The van der Waals surface area contributed by atoms with Crippen LogP contribution in [0.2, 0.25) is 0 Å². The van der Waals surface area contributed by atoms with E-state index in [-0.39, 0.29) is 0 Å². The zero-order valence-electron chi connectivity index (χ0n) is 9.82. The van der Waals surface area contributed by atoms with Gasteiger partial charge in [0.15, 0.2) is 0 Å². The lowest BCUT2D eigenvalue weighted by molar-refractivity contribution is -0.107. The predicted octanol–water partition coefficient (Wildman–Crippen LogP) is 3.87. The van der Waals surface area contributed by atoms with E-state index in [9.17, 15) is 4.79 Å². The van der Waals surface area contributed by atoms with Gasteiger partial charge in [0.2, 0.25) is 0 Å². The maximum absolute atomic E-state index is 10.3. The van der Waals surface area contributed by atoms with Crippen molar-refractivity contribution < 1.29 is 4.79 Å². The van der Waals surface area contributed by atoms with Gasteiger partial charge >= 0.3 is 0 Å². The van der Waals surface area contributed by atoms with Gasteiger partial charge in [0.25, 0.3) is 0 Å². The standard InChI is InChI=1S/C15H20O/c16-12-4-5-13-8-10-15(11-9-13)14-6-2-1-3-7-14/h8-12,14H,1-7H2. The molecule has 0 saturated heterocycles. The van der Waals surface area contributed by atoms with Crippen LogP contribution in [-0.4, -0.2) is 6.29 Å². The van der Waals surface area contributed by atoms with Gasteiger partial charge in [-0.1, -0.05) is 43.5 Å². The van der Waals surface area contributed by atoms with Crippen molar-refractivity contribution in [3.8, 4) is 0 Å². The number of aldehydes is 1. The second-order valence-corrected chi connectivity index (χ2v) is 4.78. The molecule has 0 unspecified atom stereocenters. The Kier molecular flexibility index (Phi) is 4.15. The van der Waals surface area contributed by atoms with Crippen LogP contribution >= 0.6 is 0 Å². The fourth-order valence-corrected chi connectivity index (χ4v) is 2.62. The molecule has 16 heavy (non-hydrogen) atoms. The summed E-state index contributed by atoms with van der Waals surface area (Å²) in [6.07, 6.45) is 9.41. The summed E-state index contributed by atoms with van der Waals surface area (Å²) in [6.45, 7) is 0. The fraction of sp³-hybridized carbons (Fsp3) is 0.533. The third-order valence-electron chi connectivity index (χ3n) is 3.61. The summed E-state index contributed by atoms with van der Waals surface area (Å²) in [5, 5.41) is 0. The molecule has 1 aliphatic carbocycles. The van der Waals surface area contributed by atoms with Gasteiger partial charge in [0, 0.05) is 6.42 Å². The molecule has 0 N–H and O–H groups in total. The minimum absolute atomic E-state index is 0.642. The van der Waals surface area contributed by atoms with Crippen molar-refractivity contribution in [2.45, 2.75) is 50.9 Å². The molecule has 1 aliphatic rings. The number of benzene rings is 1. The summed E-state index contributed by atoms with van der Waals surface area (Å²) in [5.74, 6) is 0.786. The van der Waals surface area contributed by atoms with E-state index >= 15 is 0 Å². The highest BCUT2D eigenvalue weighted by Gasteiger charge is 2.14. The quantitative estimate of drug-likeness (QED) is 0.698. The lowest BCUT2D eigenvalue weighted by Crippen LogP contribution is -2.04. The molecule has 2 rings (SSSR count). The molecule has 0 bridgehead atoms. The van der Waals surface area contributed by atoms with Crippen molar-refractivity contribution in [1.29, 1.82) is 0 Å². The predicted molar refractivity (Wildman–Crippen MR) is 66.7 cm³/mol. The summed E-state index contributed by atoms with van der Waals surface area (Å²) < 4.78 is 0. The SMILES string of the molecule is O=CCCc1ccc(C2CCCCC2)cc1. The number of rotatable bonds is 4. The summed E-state index contributed by atoms with van der Waals surface area (Å²) in [5.41, 5.74) is 2.78. The van der Waals surface area contributed by atoms with E-state index in [1.807, 2.05) is 0 Å². The van der Waals surface area contributed by atoms with Gasteiger partial charge in [0.05, 0.1) is 0 Å². The van der Waals surface area contributed by atoms with Gasteiger partial charge in [-0.05, 0) is 36.3 Å². The molecule has 1 aromatic carbocycles. The summed E-state index contributed by atoms with van der Waals surface area (Å²) in [7, 11) is 0. The number of hydrogen-bond donors (Lipinski definition) is 0. The molecule has 0 atom stereocenters. The van der Waals surface area contributed by atoms with Crippen LogP contribution < -0.4 is 0 Å². The van der Waals surface area contributed by atoms with Crippen LogP contribution in [0.4, 0.5) is 0 Å². The first-order valence-corrected chi connectivity index (χ1v) is 6.42. The first-order valence-electron chi connectivity index (χ1n) is 6.42. The molecular formula is C15H20O. The molecular weight excluding hydrogens is 196 g/mol. The first kappa shape index (κ1) is 11.4. The molecule has 0 amide bonds. The van der Waals surface area contributed by atoms with Crippen LogP contribution in [-0.2, 0) is 11.2 Å². The van der Waals surface area contributed by atoms with Crippen molar-refractivity contribution in [1.82, 2.24) is 0 Å². The topological polar surface area (TPSA) is 17.1 Å². The second kappa shape index (κ2) is 5.83. The maximum Gasteiger partial charge on any atom is 0.120 e. The zero-order chi connectivity index (χ0) is 11.2. The van der Waals surface area contributed by atoms with Gasteiger partial charge in [-0.15, -0.1) is 0 Å². The fourth-order valence-electron chi connectivity index (χ4n) is 2.62. The van der Waals surface area contributed by atoms with Gasteiger partial charge in [-0.25, -0.2) is 0 Å². The van der Waals surface area contributed by atoms with Crippen molar-refractivity contribution in [3.05, 3.63) is 35.4 Å². The number of carbonyl (C=O) groups is 1. The van der Waals surface area contributed by atoms with E-state index in [0.717, 1.165) is 18.6 Å². The third kappa shape index (κ3) is 2.94. The first-order chi connectivity index (χ1) is 7.90. The van der Waals surface area contributed by atoms with Crippen molar-refractivity contribution in [2.24, 2.45) is 0 Å². The lowest BCUT2D eigenvalue weighted by Gasteiger charge is -2.22. The van der Waals surface area contributed by atoms with E-state index in [4.69, 9.17) is 0 Å². The van der Waals surface area contributed by atoms with E-state index in [1.54, 1.807) is 0 Å². The molecule has 0 radical (unpaired) electrons. The molecule has 1 heteroatoms. The molecule has 0 spiro atoms. The molecule has 1 aromatic rings. The highest BCUT2D eigenvalue weighted by Crippen LogP contribution is 2.32. The Morgan fingerprint density at radius 3 is 2.38 bits per heavy atom. The minimum atomic E-state index is 0.642. The Balaban J connectivity index is 1.97. The van der Waals surface area contributed by atoms with E-state index < -0.39 is 0 Å². The van der Waals surface area contributed by atoms with Gasteiger partial charge in [-0.3, -0.25) is 0 Å². The second-order valence-electron chi connectivity index (χ2n) is 4.78. The number of aryl methyl sites for hydroxylation is 1. The summed E-state index contributed by atoms with van der Waals surface area (Å²) >= 11 is 0. The van der Waals surface area contributed by atoms with E-state index in [2.05, 4.69) is 24.3 Å². The Morgan fingerprint density at radius 1 is 1.06 bits per heavy atom. The van der Waals surface area contributed by atoms with Crippen molar-refractivity contribution >= 4 is 6.29 Å². The monoisotopic (exact) mass is 216 g/mol. The van der Waals surface area contributed by atoms with Crippen LogP contribution in [0.5, 0.6) is 0 Å². The molecule has 0 heterocycles. The largest absolute Gasteiger partial charge is 0.303 e. The molecule has 0 aliphatic heterocycles.